The van der Waals surface area contributed by atoms with Gasteiger partial charge in [-0.15, -0.1) is 0 Å². The number of aliphatic hydroxyl groups is 1. The van der Waals surface area contributed by atoms with Crippen LogP contribution in [0.15, 0.2) is 22.7 Å². The van der Waals surface area contributed by atoms with Crippen LogP contribution in [0.4, 0.5) is 0 Å². The fourth-order valence-electron chi connectivity index (χ4n) is 1.25. The first-order chi connectivity index (χ1) is 8.11. The van der Waals surface area contributed by atoms with Gasteiger partial charge in [0, 0.05) is 12.1 Å². The summed E-state index contributed by atoms with van der Waals surface area (Å²) in [5.74, 6) is -0.314. The van der Waals surface area contributed by atoms with Crippen molar-refractivity contribution in [2.75, 3.05) is 6.54 Å². The zero-order chi connectivity index (χ0) is 12.4. The molecule has 0 aliphatic heterocycles. The van der Waals surface area contributed by atoms with Crippen molar-refractivity contribution in [2.45, 2.75) is 6.10 Å². The molecule has 0 saturated carbocycles. The fraction of sp³-hybridized carbons (Fsp3) is 0.200. The lowest BCUT2D eigenvalue weighted by Gasteiger charge is -1.99. The van der Waals surface area contributed by atoms with Crippen LogP contribution in [0.2, 0.25) is 0 Å². The van der Waals surface area contributed by atoms with E-state index in [2.05, 4.69) is 10.1 Å². The molecule has 5 N–H and O–H groups in total. The van der Waals surface area contributed by atoms with E-state index in [0.717, 1.165) is 0 Å². The van der Waals surface area contributed by atoms with Gasteiger partial charge in [0.25, 0.3) is 5.89 Å². The molecule has 2 aromatic rings. The predicted octanol–water partition coefficient (Wildman–Crippen LogP) is 0.140. The number of aromatic hydroxyl groups is 2. The van der Waals surface area contributed by atoms with Gasteiger partial charge in [0.2, 0.25) is 5.82 Å². The summed E-state index contributed by atoms with van der Waals surface area (Å²) in [7, 11) is 0. The second-order valence-electron chi connectivity index (χ2n) is 3.41. The number of phenols is 2. The Balaban J connectivity index is 2.33. The van der Waals surface area contributed by atoms with E-state index in [-0.39, 0.29) is 29.8 Å². The summed E-state index contributed by atoms with van der Waals surface area (Å²) in [5, 5.41) is 31.5. The molecule has 0 fully saturated rings. The Morgan fingerprint density at radius 1 is 1.29 bits per heavy atom. The van der Waals surface area contributed by atoms with Gasteiger partial charge in [0.1, 0.15) is 6.10 Å². The molecule has 2 rings (SSSR count). The van der Waals surface area contributed by atoms with Crippen LogP contribution >= 0.6 is 0 Å². The normalized spacial score (nSPS) is 12.6. The van der Waals surface area contributed by atoms with Gasteiger partial charge in [-0.25, -0.2) is 0 Å². The van der Waals surface area contributed by atoms with Crippen molar-refractivity contribution in [3.05, 3.63) is 24.1 Å². The van der Waals surface area contributed by atoms with E-state index in [1.165, 1.54) is 18.2 Å². The number of hydrogen-bond donors (Lipinski definition) is 4. The minimum absolute atomic E-state index is 0.00932. The molecule has 1 atom stereocenters. The molecule has 1 aromatic carbocycles. The number of nitrogens with zero attached hydrogens (tertiary/aromatic N) is 2. The zero-order valence-electron chi connectivity index (χ0n) is 8.74. The number of benzene rings is 1. The van der Waals surface area contributed by atoms with E-state index >= 15 is 0 Å². The second kappa shape index (κ2) is 4.40. The van der Waals surface area contributed by atoms with Crippen molar-refractivity contribution in [3.63, 3.8) is 0 Å². The molecule has 0 saturated heterocycles. The molecule has 90 valence electrons. The highest BCUT2D eigenvalue weighted by Gasteiger charge is 2.15. The van der Waals surface area contributed by atoms with E-state index in [1.54, 1.807) is 0 Å². The van der Waals surface area contributed by atoms with Crippen LogP contribution in [0.5, 0.6) is 11.5 Å². The van der Waals surface area contributed by atoms with E-state index in [0.29, 0.717) is 5.56 Å². The van der Waals surface area contributed by atoms with Gasteiger partial charge >= 0.3 is 0 Å². The second-order valence-corrected chi connectivity index (χ2v) is 3.41. The van der Waals surface area contributed by atoms with Gasteiger partial charge in [0.05, 0.1) is 0 Å². The predicted molar refractivity (Wildman–Crippen MR) is 57.1 cm³/mol. The summed E-state index contributed by atoms with van der Waals surface area (Å²) < 4.78 is 4.81. The number of phenolic OH excluding ortho intramolecular Hbond substituents is 2. The Morgan fingerprint density at radius 2 is 2.06 bits per heavy atom. The highest BCUT2D eigenvalue weighted by Crippen LogP contribution is 2.29. The van der Waals surface area contributed by atoms with Crippen LogP contribution < -0.4 is 5.73 Å². The molecule has 7 nitrogen and oxygen atoms in total. The van der Waals surface area contributed by atoms with Crippen LogP contribution in [-0.2, 0) is 0 Å². The molecular formula is C10H11N3O4. The summed E-state index contributed by atoms with van der Waals surface area (Å²) >= 11 is 0. The molecule has 0 bridgehead atoms. The van der Waals surface area contributed by atoms with E-state index in [9.17, 15) is 10.2 Å². The molecule has 0 amide bonds. The van der Waals surface area contributed by atoms with Crippen molar-refractivity contribution < 1.29 is 19.8 Å². The molecular weight excluding hydrogens is 226 g/mol. The lowest BCUT2D eigenvalue weighted by molar-refractivity contribution is 0.141. The number of aliphatic hydroxyl groups excluding tert-OH is 1. The molecule has 0 spiro atoms. The van der Waals surface area contributed by atoms with E-state index in [1.807, 2.05) is 0 Å². The van der Waals surface area contributed by atoms with Crippen molar-refractivity contribution in [1.29, 1.82) is 0 Å². The van der Waals surface area contributed by atoms with Crippen molar-refractivity contribution >= 4 is 0 Å². The van der Waals surface area contributed by atoms with Gasteiger partial charge in [-0.2, -0.15) is 4.98 Å². The van der Waals surface area contributed by atoms with Crippen LogP contribution in [0, 0.1) is 0 Å². The molecule has 17 heavy (non-hydrogen) atoms. The lowest BCUT2D eigenvalue weighted by atomic mass is 10.2. The van der Waals surface area contributed by atoms with Crippen LogP contribution in [0.25, 0.3) is 11.4 Å². The van der Waals surface area contributed by atoms with Crippen molar-refractivity contribution in [1.82, 2.24) is 10.1 Å². The maximum Gasteiger partial charge on any atom is 0.257 e. The first-order valence-electron chi connectivity index (χ1n) is 4.86. The van der Waals surface area contributed by atoms with Gasteiger partial charge in [-0.05, 0) is 18.2 Å². The largest absolute Gasteiger partial charge is 0.504 e. The molecule has 1 aromatic heterocycles. The Morgan fingerprint density at radius 3 is 2.71 bits per heavy atom. The number of rotatable bonds is 3. The first-order valence-corrected chi connectivity index (χ1v) is 4.86. The monoisotopic (exact) mass is 237 g/mol. The molecule has 0 unspecified atom stereocenters. The van der Waals surface area contributed by atoms with Gasteiger partial charge in [-0.3, -0.25) is 0 Å². The molecule has 0 radical (unpaired) electrons. The number of aromatic nitrogens is 2. The van der Waals surface area contributed by atoms with Gasteiger partial charge < -0.3 is 25.6 Å². The molecule has 0 aliphatic carbocycles. The smallest absolute Gasteiger partial charge is 0.257 e. The van der Waals surface area contributed by atoms with Crippen LogP contribution in [0.1, 0.15) is 12.0 Å². The molecule has 1 heterocycles. The topological polar surface area (TPSA) is 126 Å². The Kier molecular flexibility index (Phi) is 2.94. The van der Waals surface area contributed by atoms with Crippen LogP contribution in [0.3, 0.4) is 0 Å². The number of hydrogen-bond acceptors (Lipinski definition) is 7. The summed E-state index contributed by atoms with van der Waals surface area (Å²) in [6.45, 7) is -0.0253. The third-order valence-corrected chi connectivity index (χ3v) is 2.18. The Bertz CT molecular complexity index is 526. The minimum atomic E-state index is -1.01. The zero-order valence-corrected chi connectivity index (χ0v) is 8.74. The van der Waals surface area contributed by atoms with Gasteiger partial charge in [0.15, 0.2) is 11.5 Å². The van der Waals surface area contributed by atoms with E-state index in [4.69, 9.17) is 15.4 Å². The van der Waals surface area contributed by atoms with Gasteiger partial charge in [-0.1, -0.05) is 5.16 Å². The Labute approximate surface area is 96.1 Å². The molecule has 7 heteroatoms. The highest BCUT2D eigenvalue weighted by atomic mass is 16.5. The fourth-order valence-corrected chi connectivity index (χ4v) is 1.25. The summed E-state index contributed by atoms with van der Waals surface area (Å²) in [5.41, 5.74) is 5.70. The average molecular weight is 237 g/mol. The third-order valence-electron chi connectivity index (χ3n) is 2.18. The minimum Gasteiger partial charge on any atom is -0.504 e. The van der Waals surface area contributed by atoms with Crippen molar-refractivity contribution in [2.24, 2.45) is 5.73 Å². The van der Waals surface area contributed by atoms with Crippen LogP contribution in [-0.4, -0.2) is 32.0 Å². The third kappa shape index (κ3) is 2.19. The maximum absolute atomic E-state index is 9.38. The summed E-state index contributed by atoms with van der Waals surface area (Å²) in [6.07, 6.45) is -1.01. The summed E-state index contributed by atoms with van der Waals surface area (Å²) in [6, 6.07) is 4.11. The Hall–Kier alpha value is -2.12. The standard InChI is InChI=1S/C10H11N3O4/c11-4-8(16)10-12-9(13-17-10)5-1-2-6(14)7(15)3-5/h1-3,8,14-16H,4,11H2/t8-/m0/s1. The van der Waals surface area contributed by atoms with Crippen molar-refractivity contribution in [3.8, 4) is 22.9 Å². The maximum atomic E-state index is 9.38. The first kappa shape index (κ1) is 11.4. The highest BCUT2D eigenvalue weighted by molar-refractivity contribution is 5.59. The number of nitrogens with two attached hydrogens (primary N) is 1. The lowest BCUT2D eigenvalue weighted by Crippen LogP contribution is -2.11. The SMILES string of the molecule is NC[C@H](O)c1nc(-c2ccc(O)c(O)c2)no1. The quantitative estimate of drug-likeness (QED) is 0.559. The summed E-state index contributed by atoms with van der Waals surface area (Å²) in [4.78, 5) is 3.92. The molecule has 0 aliphatic rings. The average Bonchev–Trinajstić information content (AvgIpc) is 2.81. The van der Waals surface area contributed by atoms with E-state index < -0.39 is 6.10 Å².